The lowest BCUT2D eigenvalue weighted by Crippen LogP contribution is -2.33. The quantitative estimate of drug-likeness (QED) is 0.629. The van der Waals surface area contributed by atoms with Crippen molar-refractivity contribution in [1.29, 1.82) is 0 Å². The number of carbonyl (C=O) groups excluding carboxylic acids is 1. The SMILES string of the molecule is Cc1ccc(C(=O)NCOc2ccc(C(C)CNS(=O)(=O)C(C)C)cc2)cc1. The number of ether oxygens (including phenoxy) is 1. The van der Waals surface area contributed by atoms with Gasteiger partial charge < -0.3 is 10.1 Å². The molecule has 0 aromatic heterocycles. The number of sulfonamides is 1. The summed E-state index contributed by atoms with van der Waals surface area (Å²) >= 11 is 0. The zero-order valence-electron chi connectivity index (χ0n) is 16.7. The van der Waals surface area contributed by atoms with Crippen molar-refractivity contribution < 1.29 is 17.9 Å². The number of amides is 1. The van der Waals surface area contributed by atoms with E-state index < -0.39 is 15.3 Å². The first-order valence-electron chi connectivity index (χ1n) is 9.25. The van der Waals surface area contributed by atoms with Gasteiger partial charge in [-0.2, -0.15) is 0 Å². The molecule has 0 aliphatic heterocycles. The first-order valence-corrected chi connectivity index (χ1v) is 10.8. The summed E-state index contributed by atoms with van der Waals surface area (Å²) in [7, 11) is -3.27. The average molecular weight is 405 g/mol. The molecular formula is C21H28N2O4S. The largest absolute Gasteiger partial charge is 0.473 e. The normalized spacial score (nSPS) is 12.6. The maximum absolute atomic E-state index is 12.0. The van der Waals surface area contributed by atoms with Gasteiger partial charge in [0.05, 0.1) is 5.25 Å². The molecule has 0 spiro atoms. The first kappa shape index (κ1) is 21.9. The molecule has 0 bridgehead atoms. The molecule has 7 heteroatoms. The summed E-state index contributed by atoms with van der Waals surface area (Å²) in [4.78, 5) is 12.0. The monoisotopic (exact) mass is 404 g/mol. The van der Waals surface area contributed by atoms with Crippen LogP contribution in [0.3, 0.4) is 0 Å². The van der Waals surface area contributed by atoms with Crippen LogP contribution in [0.15, 0.2) is 48.5 Å². The van der Waals surface area contributed by atoms with Crippen molar-refractivity contribution >= 4 is 15.9 Å². The fourth-order valence-corrected chi connectivity index (χ4v) is 3.23. The first-order chi connectivity index (χ1) is 13.2. The van der Waals surface area contributed by atoms with Gasteiger partial charge in [0.15, 0.2) is 6.73 Å². The Hall–Kier alpha value is -2.38. The number of hydrogen-bond donors (Lipinski definition) is 2. The Morgan fingerprint density at radius 2 is 1.61 bits per heavy atom. The van der Waals surface area contributed by atoms with Gasteiger partial charge in [-0.1, -0.05) is 36.8 Å². The van der Waals surface area contributed by atoms with Crippen LogP contribution in [0.4, 0.5) is 0 Å². The highest BCUT2D eigenvalue weighted by molar-refractivity contribution is 7.90. The molecule has 2 aromatic rings. The van der Waals surface area contributed by atoms with E-state index in [1.54, 1.807) is 38.1 Å². The summed E-state index contributed by atoms with van der Waals surface area (Å²) in [6, 6.07) is 14.7. The van der Waals surface area contributed by atoms with E-state index in [1.807, 2.05) is 38.1 Å². The molecule has 6 nitrogen and oxygen atoms in total. The molecule has 0 aliphatic carbocycles. The molecule has 0 radical (unpaired) electrons. The van der Waals surface area contributed by atoms with Crippen LogP contribution in [-0.2, 0) is 10.0 Å². The highest BCUT2D eigenvalue weighted by Crippen LogP contribution is 2.19. The van der Waals surface area contributed by atoms with Crippen LogP contribution in [0.1, 0.15) is 48.2 Å². The molecule has 28 heavy (non-hydrogen) atoms. The second-order valence-electron chi connectivity index (χ2n) is 7.07. The maximum atomic E-state index is 12.0. The Balaban J connectivity index is 1.82. The lowest BCUT2D eigenvalue weighted by Gasteiger charge is -2.15. The van der Waals surface area contributed by atoms with E-state index in [4.69, 9.17) is 4.74 Å². The van der Waals surface area contributed by atoms with Crippen molar-refractivity contribution in [2.75, 3.05) is 13.3 Å². The predicted molar refractivity (Wildman–Crippen MR) is 111 cm³/mol. The Bertz CT molecular complexity index is 876. The van der Waals surface area contributed by atoms with Crippen molar-refractivity contribution in [1.82, 2.24) is 10.0 Å². The average Bonchev–Trinajstić information content (AvgIpc) is 2.67. The van der Waals surface area contributed by atoms with Crippen molar-refractivity contribution in [3.05, 3.63) is 65.2 Å². The van der Waals surface area contributed by atoms with Gasteiger partial charge in [0.1, 0.15) is 5.75 Å². The Kier molecular flexibility index (Phi) is 7.60. The van der Waals surface area contributed by atoms with E-state index in [9.17, 15) is 13.2 Å². The molecule has 1 atom stereocenters. The fraction of sp³-hybridized carbons (Fsp3) is 0.381. The summed E-state index contributed by atoms with van der Waals surface area (Å²) in [5.41, 5.74) is 2.68. The summed E-state index contributed by atoms with van der Waals surface area (Å²) in [6.07, 6.45) is 0. The second kappa shape index (κ2) is 9.71. The van der Waals surface area contributed by atoms with Gasteiger partial charge in [-0.3, -0.25) is 4.79 Å². The molecule has 0 aliphatic rings. The highest BCUT2D eigenvalue weighted by atomic mass is 32.2. The summed E-state index contributed by atoms with van der Waals surface area (Å²) in [5.74, 6) is 0.467. The number of hydrogen-bond acceptors (Lipinski definition) is 4. The van der Waals surface area contributed by atoms with Crippen LogP contribution < -0.4 is 14.8 Å². The van der Waals surface area contributed by atoms with Gasteiger partial charge in [-0.25, -0.2) is 13.1 Å². The van der Waals surface area contributed by atoms with Gasteiger partial charge in [-0.15, -0.1) is 0 Å². The van der Waals surface area contributed by atoms with Gasteiger partial charge >= 0.3 is 0 Å². The number of aryl methyl sites for hydroxylation is 1. The van der Waals surface area contributed by atoms with Gasteiger partial charge in [0.2, 0.25) is 10.0 Å². The summed E-state index contributed by atoms with van der Waals surface area (Å²) in [5, 5.41) is 2.26. The molecule has 2 aromatic carbocycles. The van der Waals surface area contributed by atoms with E-state index >= 15 is 0 Å². The van der Waals surface area contributed by atoms with Crippen LogP contribution in [0.25, 0.3) is 0 Å². The van der Waals surface area contributed by atoms with Crippen molar-refractivity contribution in [3.8, 4) is 5.75 Å². The number of nitrogens with one attached hydrogen (secondary N) is 2. The van der Waals surface area contributed by atoms with E-state index in [-0.39, 0.29) is 18.6 Å². The van der Waals surface area contributed by atoms with Crippen LogP contribution in [0.5, 0.6) is 5.75 Å². The highest BCUT2D eigenvalue weighted by Gasteiger charge is 2.17. The molecule has 2 rings (SSSR count). The second-order valence-corrected chi connectivity index (χ2v) is 9.39. The molecule has 0 heterocycles. The zero-order chi connectivity index (χ0) is 20.7. The molecule has 0 saturated carbocycles. The molecule has 2 N–H and O–H groups in total. The molecule has 152 valence electrons. The van der Waals surface area contributed by atoms with Crippen LogP contribution in [-0.4, -0.2) is 32.9 Å². The number of carbonyl (C=O) groups is 1. The summed E-state index contributed by atoms with van der Waals surface area (Å²) in [6.45, 7) is 7.63. The number of rotatable bonds is 9. The predicted octanol–water partition coefficient (Wildman–Crippen LogP) is 3.19. The third-order valence-electron chi connectivity index (χ3n) is 4.45. The minimum Gasteiger partial charge on any atom is -0.473 e. The van der Waals surface area contributed by atoms with Gasteiger partial charge in [0, 0.05) is 12.1 Å². The van der Waals surface area contributed by atoms with E-state index in [1.165, 1.54) is 0 Å². The Morgan fingerprint density at radius 1 is 1.00 bits per heavy atom. The van der Waals surface area contributed by atoms with Crippen molar-refractivity contribution in [3.63, 3.8) is 0 Å². The Morgan fingerprint density at radius 3 is 2.18 bits per heavy atom. The van der Waals surface area contributed by atoms with Crippen LogP contribution in [0, 0.1) is 6.92 Å². The molecule has 0 saturated heterocycles. The zero-order valence-corrected chi connectivity index (χ0v) is 17.5. The molecule has 0 fully saturated rings. The Labute approximate surface area is 167 Å². The maximum Gasteiger partial charge on any atom is 0.253 e. The van der Waals surface area contributed by atoms with E-state index in [0.717, 1.165) is 11.1 Å². The smallest absolute Gasteiger partial charge is 0.253 e. The minimum absolute atomic E-state index is 0.0313. The lowest BCUT2D eigenvalue weighted by molar-refractivity contribution is 0.0919. The van der Waals surface area contributed by atoms with Crippen molar-refractivity contribution in [2.45, 2.75) is 38.9 Å². The molecule has 1 unspecified atom stereocenters. The number of benzene rings is 2. The molecular weight excluding hydrogens is 376 g/mol. The van der Waals surface area contributed by atoms with E-state index in [2.05, 4.69) is 10.0 Å². The van der Waals surface area contributed by atoms with Crippen LogP contribution in [0.2, 0.25) is 0 Å². The lowest BCUT2D eigenvalue weighted by atomic mass is 10.0. The summed E-state index contributed by atoms with van der Waals surface area (Å²) < 4.78 is 31.9. The van der Waals surface area contributed by atoms with Gasteiger partial charge in [0.25, 0.3) is 5.91 Å². The minimum atomic E-state index is -3.27. The van der Waals surface area contributed by atoms with Crippen LogP contribution >= 0.6 is 0 Å². The topological polar surface area (TPSA) is 84.5 Å². The third-order valence-corrected chi connectivity index (χ3v) is 6.26. The molecule has 1 amide bonds. The van der Waals surface area contributed by atoms with E-state index in [0.29, 0.717) is 17.9 Å². The van der Waals surface area contributed by atoms with Crippen molar-refractivity contribution in [2.24, 2.45) is 0 Å². The van der Waals surface area contributed by atoms with Gasteiger partial charge in [-0.05, 0) is 56.5 Å². The fourth-order valence-electron chi connectivity index (χ4n) is 2.41. The third kappa shape index (κ3) is 6.35. The standard InChI is InChI=1S/C21H28N2O4S/c1-15(2)28(25,26)23-13-17(4)18-9-11-20(12-10-18)27-14-22-21(24)19-7-5-16(3)6-8-19/h5-12,15,17,23H,13-14H2,1-4H3,(H,22,24).